The Kier molecular flexibility index (Phi) is 5.84. The number of aromatic nitrogens is 2. The molecule has 0 radical (unpaired) electrons. The van der Waals surface area contributed by atoms with Crippen LogP contribution in [-0.4, -0.2) is 34.5 Å². The van der Waals surface area contributed by atoms with Gasteiger partial charge in [0.15, 0.2) is 0 Å². The van der Waals surface area contributed by atoms with Crippen molar-refractivity contribution in [2.24, 2.45) is 0 Å². The van der Waals surface area contributed by atoms with E-state index < -0.39 is 0 Å². The first kappa shape index (κ1) is 20.0. The molecule has 0 aliphatic rings. The van der Waals surface area contributed by atoms with Crippen LogP contribution >= 0.6 is 0 Å². The van der Waals surface area contributed by atoms with Crippen LogP contribution in [0.4, 0.5) is 5.69 Å². The minimum Gasteiger partial charge on any atom is -0.358 e. The monoisotopic (exact) mass is 390 g/mol. The van der Waals surface area contributed by atoms with E-state index in [9.17, 15) is 14.4 Å². The summed E-state index contributed by atoms with van der Waals surface area (Å²) in [7, 11) is 1.50. The van der Waals surface area contributed by atoms with Crippen molar-refractivity contribution >= 4 is 28.5 Å². The van der Waals surface area contributed by atoms with Crippen molar-refractivity contribution in [1.82, 2.24) is 14.5 Å². The molecule has 0 aliphatic heterocycles. The minimum atomic E-state index is -0.385. The van der Waals surface area contributed by atoms with Crippen LogP contribution in [0, 0.1) is 12.3 Å². The summed E-state index contributed by atoms with van der Waals surface area (Å²) in [5, 5.41) is 2.52. The van der Waals surface area contributed by atoms with Crippen molar-refractivity contribution in [2.45, 2.75) is 20.0 Å². The van der Waals surface area contributed by atoms with Crippen LogP contribution in [-0.2, 0) is 22.7 Å². The molecule has 2 aromatic carbocycles. The van der Waals surface area contributed by atoms with E-state index >= 15 is 0 Å². The Bertz CT molecular complexity index is 1170. The SMILES string of the molecule is C#Cc1cccc(N(CC(=O)NC)C(=O)Cn2c(=O)n(CC)c3ccccc32)c1. The zero-order valence-corrected chi connectivity index (χ0v) is 16.4. The zero-order valence-electron chi connectivity index (χ0n) is 16.4. The molecule has 1 heterocycles. The fraction of sp³-hybridized carbons (Fsp3) is 0.227. The molecule has 7 nitrogen and oxygen atoms in total. The lowest BCUT2D eigenvalue weighted by Crippen LogP contribution is -2.42. The first-order valence-electron chi connectivity index (χ1n) is 9.25. The van der Waals surface area contributed by atoms with E-state index in [2.05, 4.69) is 11.2 Å². The van der Waals surface area contributed by atoms with Gasteiger partial charge in [-0.3, -0.25) is 18.7 Å². The summed E-state index contributed by atoms with van der Waals surface area (Å²) in [5.41, 5.74) is 2.27. The maximum absolute atomic E-state index is 13.2. The summed E-state index contributed by atoms with van der Waals surface area (Å²) in [6, 6.07) is 14.2. The number of benzene rings is 2. The fourth-order valence-electron chi connectivity index (χ4n) is 3.26. The predicted octanol–water partition coefficient (Wildman–Crippen LogP) is 1.58. The number of amides is 2. The summed E-state index contributed by atoms with van der Waals surface area (Å²) in [6.45, 7) is 2.00. The molecule has 0 fully saturated rings. The molecule has 0 saturated carbocycles. The Balaban J connectivity index is 2.02. The maximum atomic E-state index is 13.2. The molecule has 0 bridgehead atoms. The number of carbonyl (C=O) groups is 2. The third-order valence-corrected chi connectivity index (χ3v) is 4.74. The Morgan fingerprint density at radius 2 is 1.79 bits per heavy atom. The van der Waals surface area contributed by atoms with E-state index in [1.807, 2.05) is 25.1 Å². The van der Waals surface area contributed by atoms with Crippen molar-refractivity contribution < 1.29 is 9.59 Å². The summed E-state index contributed by atoms with van der Waals surface area (Å²) < 4.78 is 3.05. The molecular weight excluding hydrogens is 368 g/mol. The van der Waals surface area contributed by atoms with E-state index in [1.165, 1.54) is 16.5 Å². The number of hydrogen-bond acceptors (Lipinski definition) is 3. The lowest BCUT2D eigenvalue weighted by atomic mass is 10.2. The summed E-state index contributed by atoms with van der Waals surface area (Å²) in [5.74, 6) is 1.81. The quantitative estimate of drug-likeness (QED) is 0.650. The van der Waals surface area contributed by atoms with Gasteiger partial charge in [0.1, 0.15) is 13.1 Å². The topological polar surface area (TPSA) is 76.3 Å². The molecule has 3 aromatic rings. The summed E-state index contributed by atoms with van der Waals surface area (Å²) in [4.78, 5) is 39.4. The van der Waals surface area contributed by atoms with Crippen LogP contribution in [0.5, 0.6) is 0 Å². The Labute approximate surface area is 168 Å². The molecule has 3 rings (SSSR count). The van der Waals surface area contributed by atoms with Gasteiger partial charge in [-0.05, 0) is 37.3 Å². The lowest BCUT2D eigenvalue weighted by molar-refractivity contribution is -0.123. The molecule has 0 spiro atoms. The van der Waals surface area contributed by atoms with Gasteiger partial charge in [0.05, 0.1) is 11.0 Å². The standard InChI is InChI=1S/C22H22N4O3/c1-4-16-9-8-10-17(13-16)25(14-20(27)23-3)21(28)15-26-19-12-7-6-11-18(19)24(5-2)22(26)29/h1,6-13H,5,14-15H2,2-3H3,(H,23,27). The summed E-state index contributed by atoms with van der Waals surface area (Å²) in [6.07, 6.45) is 5.47. The number of imidazole rings is 1. The third kappa shape index (κ3) is 3.92. The number of para-hydroxylation sites is 2. The molecule has 7 heteroatoms. The first-order valence-corrected chi connectivity index (χ1v) is 9.25. The van der Waals surface area contributed by atoms with Crippen LogP contribution in [0.1, 0.15) is 12.5 Å². The van der Waals surface area contributed by atoms with Gasteiger partial charge in [0.25, 0.3) is 0 Å². The van der Waals surface area contributed by atoms with Gasteiger partial charge in [-0.25, -0.2) is 4.79 Å². The largest absolute Gasteiger partial charge is 0.358 e. The number of nitrogens with zero attached hydrogens (tertiary/aromatic N) is 3. The third-order valence-electron chi connectivity index (χ3n) is 4.74. The highest BCUT2D eigenvalue weighted by molar-refractivity contribution is 5.99. The van der Waals surface area contributed by atoms with E-state index in [-0.39, 0.29) is 30.6 Å². The van der Waals surface area contributed by atoms with Gasteiger partial charge < -0.3 is 10.2 Å². The fourth-order valence-corrected chi connectivity index (χ4v) is 3.26. The number of hydrogen-bond donors (Lipinski definition) is 1. The van der Waals surface area contributed by atoms with Crippen molar-refractivity contribution in [3.05, 3.63) is 64.6 Å². The number of nitrogens with one attached hydrogen (secondary N) is 1. The number of aryl methyl sites for hydroxylation is 1. The number of anilines is 1. The number of fused-ring (bicyclic) bond motifs is 1. The second-order valence-electron chi connectivity index (χ2n) is 6.45. The Morgan fingerprint density at radius 3 is 2.41 bits per heavy atom. The number of rotatable bonds is 6. The highest BCUT2D eigenvalue weighted by Crippen LogP contribution is 2.18. The van der Waals surface area contributed by atoms with E-state index in [1.54, 1.807) is 34.9 Å². The van der Waals surface area contributed by atoms with Gasteiger partial charge in [0.2, 0.25) is 11.8 Å². The zero-order chi connectivity index (χ0) is 21.0. The average molecular weight is 390 g/mol. The minimum absolute atomic E-state index is 0.176. The highest BCUT2D eigenvalue weighted by Gasteiger charge is 2.22. The maximum Gasteiger partial charge on any atom is 0.329 e. The Morgan fingerprint density at radius 1 is 1.10 bits per heavy atom. The van der Waals surface area contributed by atoms with Gasteiger partial charge in [0, 0.05) is 24.8 Å². The van der Waals surface area contributed by atoms with Crippen molar-refractivity contribution in [3.63, 3.8) is 0 Å². The van der Waals surface area contributed by atoms with Gasteiger partial charge >= 0.3 is 5.69 Å². The second-order valence-corrected chi connectivity index (χ2v) is 6.45. The van der Waals surface area contributed by atoms with E-state index in [4.69, 9.17) is 6.42 Å². The highest BCUT2D eigenvalue weighted by atomic mass is 16.2. The molecular formula is C22H22N4O3. The average Bonchev–Trinajstić information content (AvgIpc) is 3.02. The molecule has 148 valence electrons. The number of carbonyl (C=O) groups excluding carboxylic acids is 2. The van der Waals surface area contributed by atoms with E-state index in [0.717, 1.165) is 5.52 Å². The smallest absolute Gasteiger partial charge is 0.329 e. The molecule has 2 amide bonds. The van der Waals surface area contributed by atoms with Crippen LogP contribution in [0.15, 0.2) is 53.3 Å². The van der Waals surface area contributed by atoms with Gasteiger partial charge in [-0.15, -0.1) is 6.42 Å². The molecule has 0 aliphatic carbocycles. The van der Waals surface area contributed by atoms with Crippen molar-refractivity contribution in [3.8, 4) is 12.3 Å². The number of likely N-dealkylation sites (N-methyl/N-ethyl adjacent to an activating group) is 1. The van der Waals surface area contributed by atoms with Crippen LogP contribution < -0.4 is 15.9 Å². The van der Waals surface area contributed by atoms with Crippen molar-refractivity contribution in [2.75, 3.05) is 18.5 Å². The van der Waals surface area contributed by atoms with Crippen LogP contribution in [0.2, 0.25) is 0 Å². The molecule has 0 unspecified atom stereocenters. The van der Waals surface area contributed by atoms with Gasteiger partial charge in [-0.2, -0.15) is 0 Å². The second kappa shape index (κ2) is 8.48. The van der Waals surface area contributed by atoms with Gasteiger partial charge in [-0.1, -0.05) is 24.1 Å². The van der Waals surface area contributed by atoms with Crippen LogP contribution in [0.3, 0.4) is 0 Å². The molecule has 1 aromatic heterocycles. The predicted molar refractivity (Wildman–Crippen MR) is 113 cm³/mol. The van der Waals surface area contributed by atoms with Crippen molar-refractivity contribution in [1.29, 1.82) is 0 Å². The number of terminal acetylenes is 1. The molecule has 0 atom stereocenters. The molecule has 0 saturated heterocycles. The lowest BCUT2D eigenvalue weighted by Gasteiger charge is -2.22. The Hall–Kier alpha value is -3.79. The summed E-state index contributed by atoms with van der Waals surface area (Å²) >= 11 is 0. The normalized spacial score (nSPS) is 10.5. The van der Waals surface area contributed by atoms with Crippen LogP contribution in [0.25, 0.3) is 11.0 Å². The molecule has 29 heavy (non-hydrogen) atoms. The van der Waals surface area contributed by atoms with E-state index in [0.29, 0.717) is 23.3 Å². The molecule has 1 N–H and O–H groups in total. The first-order chi connectivity index (χ1) is 14.0.